The van der Waals surface area contributed by atoms with E-state index in [1.165, 1.54) is 6.42 Å². The van der Waals surface area contributed by atoms with Crippen molar-refractivity contribution in [3.8, 4) is 0 Å². The highest BCUT2D eigenvalue weighted by molar-refractivity contribution is 5.83. The minimum atomic E-state index is 0.0166. The standard InChI is InChI=1S/C8H17N5O/c9-8(12-10)11-6-7(14)13-4-2-1-3-5-13/h1-6,10H2,(H3,9,11,12). The van der Waals surface area contributed by atoms with Crippen LogP contribution in [0.4, 0.5) is 0 Å². The number of hydrogen-bond donors (Lipinski definition) is 3. The first-order valence-electron chi connectivity index (χ1n) is 4.78. The zero-order valence-electron chi connectivity index (χ0n) is 8.20. The molecule has 1 heterocycles. The SMILES string of the molecule is NNC(N)=NCC(=O)N1CCCCC1. The molecule has 1 aliphatic rings. The van der Waals surface area contributed by atoms with Gasteiger partial charge in [-0.3, -0.25) is 10.2 Å². The summed E-state index contributed by atoms with van der Waals surface area (Å²) in [6, 6.07) is 0. The molecule has 0 aromatic rings. The predicted molar refractivity (Wildman–Crippen MR) is 54.2 cm³/mol. The molecular formula is C8H17N5O. The number of hydrazine groups is 1. The number of carbonyl (C=O) groups is 1. The first-order valence-corrected chi connectivity index (χ1v) is 4.78. The van der Waals surface area contributed by atoms with Crippen LogP contribution in [0.2, 0.25) is 0 Å². The molecule has 0 spiro atoms. The summed E-state index contributed by atoms with van der Waals surface area (Å²) in [6.45, 7) is 1.75. The van der Waals surface area contributed by atoms with Gasteiger partial charge in [-0.2, -0.15) is 0 Å². The summed E-state index contributed by atoms with van der Waals surface area (Å²) < 4.78 is 0. The van der Waals surface area contributed by atoms with Crippen molar-refractivity contribution in [3.05, 3.63) is 0 Å². The molecular weight excluding hydrogens is 182 g/mol. The summed E-state index contributed by atoms with van der Waals surface area (Å²) in [6.07, 6.45) is 3.37. The van der Waals surface area contributed by atoms with Crippen LogP contribution in [-0.4, -0.2) is 36.4 Å². The van der Waals surface area contributed by atoms with E-state index in [0.29, 0.717) is 0 Å². The Morgan fingerprint density at radius 1 is 1.36 bits per heavy atom. The Hall–Kier alpha value is -1.30. The highest BCUT2D eigenvalue weighted by atomic mass is 16.2. The van der Waals surface area contributed by atoms with Gasteiger partial charge in [0, 0.05) is 13.1 Å². The smallest absolute Gasteiger partial charge is 0.244 e. The Balaban J connectivity index is 2.33. The summed E-state index contributed by atoms with van der Waals surface area (Å²) in [5, 5.41) is 0. The number of aliphatic imine (C=N–C) groups is 1. The molecule has 1 saturated heterocycles. The van der Waals surface area contributed by atoms with Crippen LogP contribution >= 0.6 is 0 Å². The minimum absolute atomic E-state index is 0.0166. The lowest BCUT2D eigenvalue weighted by Crippen LogP contribution is -2.40. The van der Waals surface area contributed by atoms with E-state index in [2.05, 4.69) is 10.4 Å². The Morgan fingerprint density at radius 3 is 2.57 bits per heavy atom. The van der Waals surface area contributed by atoms with Crippen LogP contribution in [0.3, 0.4) is 0 Å². The van der Waals surface area contributed by atoms with Crippen molar-refractivity contribution in [3.63, 3.8) is 0 Å². The van der Waals surface area contributed by atoms with Gasteiger partial charge in [0.15, 0.2) is 0 Å². The number of guanidine groups is 1. The third kappa shape index (κ3) is 3.21. The van der Waals surface area contributed by atoms with Gasteiger partial charge in [-0.25, -0.2) is 10.8 Å². The molecule has 0 aromatic carbocycles. The molecule has 5 N–H and O–H groups in total. The van der Waals surface area contributed by atoms with Crippen LogP contribution in [-0.2, 0) is 4.79 Å². The maximum absolute atomic E-state index is 11.5. The molecule has 1 rings (SSSR count). The average molecular weight is 199 g/mol. The van der Waals surface area contributed by atoms with Gasteiger partial charge >= 0.3 is 0 Å². The fraction of sp³-hybridized carbons (Fsp3) is 0.750. The van der Waals surface area contributed by atoms with Crippen molar-refractivity contribution in [1.29, 1.82) is 0 Å². The first-order chi connectivity index (χ1) is 6.74. The molecule has 80 valence electrons. The Kier molecular flexibility index (Phi) is 4.18. The number of carbonyl (C=O) groups excluding carboxylic acids is 1. The first kappa shape index (κ1) is 10.8. The van der Waals surface area contributed by atoms with Gasteiger partial charge in [0.1, 0.15) is 6.54 Å². The fourth-order valence-corrected chi connectivity index (χ4v) is 1.44. The molecule has 6 heteroatoms. The summed E-state index contributed by atoms with van der Waals surface area (Å²) in [5.74, 6) is 5.12. The predicted octanol–water partition coefficient (Wildman–Crippen LogP) is -1.22. The van der Waals surface area contributed by atoms with Crippen LogP contribution < -0.4 is 17.0 Å². The monoisotopic (exact) mass is 199 g/mol. The van der Waals surface area contributed by atoms with E-state index in [-0.39, 0.29) is 18.4 Å². The quantitative estimate of drug-likeness (QED) is 0.225. The van der Waals surface area contributed by atoms with E-state index in [1.54, 1.807) is 0 Å². The molecule has 1 aliphatic heterocycles. The van der Waals surface area contributed by atoms with Crippen molar-refractivity contribution >= 4 is 11.9 Å². The van der Waals surface area contributed by atoms with E-state index in [1.807, 2.05) is 4.90 Å². The highest BCUT2D eigenvalue weighted by Gasteiger charge is 2.15. The number of rotatable bonds is 2. The second kappa shape index (κ2) is 5.43. The Morgan fingerprint density at radius 2 is 2.00 bits per heavy atom. The van der Waals surface area contributed by atoms with Crippen molar-refractivity contribution in [2.45, 2.75) is 19.3 Å². The molecule has 0 radical (unpaired) electrons. The average Bonchev–Trinajstić information content (AvgIpc) is 2.26. The maximum atomic E-state index is 11.5. The second-order valence-electron chi connectivity index (χ2n) is 3.29. The van der Waals surface area contributed by atoms with E-state index >= 15 is 0 Å². The van der Waals surface area contributed by atoms with Crippen LogP contribution in [0, 0.1) is 0 Å². The van der Waals surface area contributed by atoms with Gasteiger partial charge in [0.2, 0.25) is 11.9 Å². The third-order valence-corrected chi connectivity index (χ3v) is 2.24. The van der Waals surface area contributed by atoms with Crippen molar-refractivity contribution in [2.75, 3.05) is 19.6 Å². The van der Waals surface area contributed by atoms with Gasteiger partial charge in [0.25, 0.3) is 0 Å². The zero-order valence-corrected chi connectivity index (χ0v) is 8.20. The zero-order chi connectivity index (χ0) is 10.4. The summed E-state index contributed by atoms with van der Waals surface area (Å²) in [7, 11) is 0. The van der Waals surface area contributed by atoms with Crippen LogP contribution in [0.15, 0.2) is 4.99 Å². The van der Waals surface area contributed by atoms with Gasteiger partial charge in [-0.15, -0.1) is 0 Å². The van der Waals surface area contributed by atoms with E-state index in [9.17, 15) is 4.79 Å². The molecule has 6 nitrogen and oxygen atoms in total. The van der Waals surface area contributed by atoms with Crippen molar-refractivity contribution in [1.82, 2.24) is 10.3 Å². The number of nitrogens with one attached hydrogen (secondary N) is 1. The van der Waals surface area contributed by atoms with Crippen molar-refractivity contribution < 1.29 is 4.79 Å². The van der Waals surface area contributed by atoms with Gasteiger partial charge in [-0.1, -0.05) is 0 Å². The number of piperidine rings is 1. The fourth-order valence-electron chi connectivity index (χ4n) is 1.44. The number of nitrogens with zero attached hydrogens (tertiary/aromatic N) is 2. The van der Waals surface area contributed by atoms with Gasteiger partial charge < -0.3 is 10.6 Å². The Labute approximate surface area is 83.3 Å². The molecule has 14 heavy (non-hydrogen) atoms. The van der Waals surface area contributed by atoms with E-state index in [0.717, 1.165) is 25.9 Å². The number of likely N-dealkylation sites (tertiary alicyclic amines) is 1. The number of hydrogen-bond acceptors (Lipinski definition) is 3. The lowest BCUT2D eigenvalue weighted by Gasteiger charge is -2.25. The maximum Gasteiger partial charge on any atom is 0.244 e. The molecule has 0 aromatic heterocycles. The normalized spacial score (nSPS) is 18.1. The van der Waals surface area contributed by atoms with Crippen LogP contribution in [0.1, 0.15) is 19.3 Å². The molecule has 0 unspecified atom stereocenters. The molecule has 0 aliphatic carbocycles. The molecule has 0 atom stereocenters. The highest BCUT2D eigenvalue weighted by Crippen LogP contribution is 2.08. The molecule has 0 saturated carbocycles. The largest absolute Gasteiger partial charge is 0.369 e. The summed E-state index contributed by atoms with van der Waals surface area (Å²) >= 11 is 0. The summed E-state index contributed by atoms with van der Waals surface area (Å²) in [4.78, 5) is 17.1. The van der Waals surface area contributed by atoms with E-state index < -0.39 is 0 Å². The lowest BCUT2D eigenvalue weighted by atomic mass is 10.1. The molecule has 1 fully saturated rings. The number of amides is 1. The van der Waals surface area contributed by atoms with Gasteiger partial charge in [0.05, 0.1) is 0 Å². The lowest BCUT2D eigenvalue weighted by molar-refractivity contribution is -0.130. The van der Waals surface area contributed by atoms with Crippen LogP contribution in [0.25, 0.3) is 0 Å². The van der Waals surface area contributed by atoms with Crippen LogP contribution in [0.5, 0.6) is 0 Å². The minimum Gasteiger partial charge on any atom is -0.369 e. The van der Waals surface area contributed by atoms with Gasteiger partial charge in [-0.05, 0) is 19.3 Å². The van der Waals surface area contributed by atoms with E-state index in [4.69, 9.17) is 11.6 Å². The Bertz CT molecular complexity index is 222. The summed E-state index contributed by atoms with van der Waals surface area (Å²) in [5.41, 5.74) is 7.47. The molecule has 1 amide bonds. The second-order valence-corrected chi connectivity index (χ2v) is 3.29. The molecule has 0 bridgehead atoms. The third-order valence-electron chi connectivity index (χ3n) is 2.24. The topological polar surface area (TPSA) is 96.7 Å². The van der Waals surface area contributed by atoms with Crippen molar-refractivity contribution in [2.24, 2.45) is 16.6 Å². The number of nitrogens with two attached hydrogens (primary N) is 2.